The van der Waals surface area contributed by atoms with Crippen LogP contribution in [0.5, 0.6) is 5.75 Å². The highest BCUT2D eigenvalue weighted by molar-refractivity contribution is 5.99. The quantitative estimate of drug-likeness (QED) is 0.858. The number of benzene rings is 1. The van der Waals surface area contributed by atoms with Crippen LogP contribution in [-0.2, 0) is 0 Å². The summed E-state index contributed by atoms with van der Waals surface area (Å²) in [5, 5.41) is 6.26. The Hall–Kier alpha value is -2.56. The normalized spacial score (nSPS) is 14.9. The smallest absolute Gasteiger partial charge is 0.255 e. The molecule has 5 nitrogen and oxygen atoms in total. The van der Waals surface area contributed by atoms with Crippen LogP contribution >= 0.6 is 0 Å². The number of carbonyl (C=O) groups excluding carboxylic acids is 1. The van der Waals surface area contributed by atoms with E-state index in [0.29, 0.717) is 23.0 Å². The van der Waals surface area contributed by atoms with Gasteiger partial charge in [0, 0.05) is 12.2 Å². The van der Waals surface area contributed by atoms with Gasteiger partial charge in [0.15, 0.2) is 0 Å². The first-order chi connectivity index (χ1) is 11.2. The van der Waals surface area contributed by atoms with Crippen LogP contribution in [0.15, 0.2) is 42.6 Å². The van der Waals surface area contributed by atoms with Crippen LogP contribution in [0.25, 0.3) is 0 Å². The molecule has 3 rings (SSSR count). The van der Waals surface area contributed by atoms with Gasteiger partial charge in [0.05, 0.1) is 18.4 Å². The number of ether oxygens (including phenoxy) is 1. The second-order valence-corrected chi connectivity index (χ2v) is 5.82. The maximum absolute atomic E-state index is 12.5. The Bertz CT molecular complexity index is 698. The van der Waals surface area contributed by atoms with Crippen LogP contribution in [0.2, 0.25) is 0 Å². The number of rotatable bonds is 6. The second-order valence-electron chi connectivity index (χ2n) is 5.82. The maximum atomic E-state index is 12.5. The van der Waals surface area contributed by atoms with Crippen molar-refractivity contribution in [2.75, 3.05) is 12.4 Å². The van der Waals surface area contributed by atoms with Crippen LogP contribution in [0.3, 0.4) is 0 Å². The lowest BCUT2D eigenvalue weighted by Gasteiger charge is -2.16. The van der Waals surface area contributed by atoms with E-state index in [-0.39, 0.29) is 11.9 Å². The third kappa shape index (κ3) is 3.62. The first-order valence-corrected chi connectivity index (χ1v) is 7.85. The maximum Gasteiger partial charge on any atom is 0.255 e. The summed E-state index contributed by atoms with van der Waals surface area (Å²) in [7, 11) is 1.61. The number of methoxy groups -OCH3 is 1. The second kappa shape index (κ2) is 6.69. The zero-order chi connectivity index (χ0) is 16.2. The molecule has 1 aliphatic rings. The van der Waals surface area contributed by atoms with Gasteiger partial charge in [-0.1, -0.05) is 12.1 Å². The minimum absolute atomic E-state index is 0.102. The van der Waals surface area contributed by atoms with Crippen molar-refractivity contribution in [1.82, 2.24) is 10.3 Å². The van der Waals surface area contributed by atoms with Gasteiger partial charge in [-0.2, -0.15) is 0 Å². The first kappa shape index (κ1) is 15.3. The molecule has 1 atom stereocenters. The lowest BCUT2D eigenvalue weighted by Crippen LogP contribution is -2.34. The number of amides is 1. The molecule has 0 unspecified atom stereocenters. The number of hydrogen-bond donors (Lipinski definition) is 2. The number of nitrogens with one attached hydrogen (secondary N) is 2. The van der Waals surface area contributed by atoms with Crippen molar-refractivity contribution in [2.24, 2.45) is 5.92 Å². The van der Waals surface area contributed by atoms with Crippen molar-refractivity contribution in [3.8, 4) is 5.75 Å². The van der Waals surface area contributed by atoms with Gasteiger partial charge in [-0.3, -0.25) is 4.79 Å². The molecule has 0 saturated heterocycles. The van der Waals surface area contributed by atoms with Crippen molar-refractivity contribution < 1.29 is 9.53 Å². The molecule has 1 fully saturated rings. The fraction of sp³-hybridized carbons (Fsp3) is 0.333. The van der Waals surface area contributed by atoms with Crippen molar-refractivity contribution in [3.05, 3.63) is 48.2 Å². The van der Waals surface area contributed by atoms with Gasteiger partial charge in [-0.25, -0.2) is 4.98 Å². The summed E-state index contributed by atoms with van der Waals surface area (Å²) in [6.07, 6.45) is 4.06. The monoisotopic (exact) mass is 311 g/mol. The van der Waals surface area contributed by atoms with E-state index in [0.717, 1.165) is 5.69 Å². The molecule has 2 N–H and O–H groups in total. The fourth-order valence-electron chi connectivity index (χ4n) is 2.56. The number of nitrogens with zero attached hydrogens (tertiary/aromatic N) is 1. The minimum atomic E-state index is -0.102. The number of pyridine rings is 1. The number of hydrogen-bond acceptors (Lipinski definition) is 4. The molecule has 1 aliphatic carbocycles. The number of aromatic nitrogens is 1. The van der Waals surface area contributed by atoms with Gasteiger partial charge >= 0.3 is 0 Å². The van der Waals surface area contributed by atoms with Gasteiger partial charge in [0.2, 0.25) is 0 Å². The average Bonchev–Trinajstić information content (AvgIpc) is 3.41. The Morgan fingerprint density at radius 3 is 2.78 bits per heavy atom. The highest BCUT2D eigenvalue weighted by atomic mass is 16.5. The summed E-state index contributed by atoms with van der Waals surface area (Å²) in [6.45, 7) is 2.05. The Labute approximate surface area is 136 Å². The zero-order valence-corrected chi connectivity index (χ0v) is 13.4. The van der Waals surface area contributed by atoms with Gasteiger partial charge < -0.3 is 15.4 Å². The summed E-state index contributed by atoms with van der Waals surface area (Å²) < 4.78 is 5.33. The SMILES string of the molecule is COc1ccccc1Nc1ncccc1C(=O)N[C@@H](C)C1CC1. The topological polar surface area (TPSA) is 63.2 Å². The van der Waals surface area contributed by atoms with Gasteiger partial charge in [0.25, 0.3) is 5.91 Å². The summed E-state index contributed by atoms with van der Waals surface area (Å²) >= 11 is 0. The Morgan fingerprint density at radius 1 is 1.26 bits per heavy atom. The summed E-state index contributed by atoms with van der Waals surface area (Å²) in [4.78, 5) is 16.8. The van der Waals surface area contributed by atoms with Crippen LogP contribution < -0.4 is 15.4 Å². The molecule has 1 saturated carbocycles. The molecule has 0 spiro atoms. The number of para-hydroxylation sites is 2. The lowest BCUT2D eigenvalue weighted by atomic mass is 10.1. The number of anilines is 2. The van der Waals surface area contributed by atoms with E-state index in [2.05, 4.69) is 22.5 Å². The average molecular weight is 311 g/mol. The molecule has 1 aromatic heterocycles. The summed E-state index contributed by atoms with van der Waals surface area (Å²) in [6, 6.07) is 11.3. The Morgan fingerprint density at radius 2 is 2.04 bits per heavy atom. The predicted molar refractivity (Wildman–Crippen MR) is 90.2 cm³/mol. The van der Waals surface area contributed by atoms with Gasteiger partial charge in [0.1, 0.15) is 11.6 Å². The molecular formula is C18H21N3O2. The largest absolute Gasteiger partial charge is 0.495 e. The van der Waals surface area contributed by atoms with E-state index in [9.17, 15) is 4.79 Å². The standard InChI is InChI=1S/C18H21N3O2/c1-12(13-9-10-13)20-18(22)14-6-5-11-19-17(14)21-15-7-3-4-8-16(15)23-2/h3-8,11-13H,9-10H2,1-2H3,(H,19,21)(H,20,22)/t12-/m0/s1. The predicted octanol–water partition coefficient (Wildman–Crippen LogP) is 3.36. The van der Waals surface area contributed by atoms with Gasteiger partial charge in [-0.15, -0.1) is 0 Å². The van der Waals surface area contributed by atoms with E-state index in [1.165, 1.54) is 12.8 Å². The fourth-order valence-corrected chi connectivity index (χ4v) is 2.56. The highest BCUT2D eigenvalue weighted by Crippen LogP contribution is 2.33. The molecule has 0 radical (unpaired) electrons. The first-order valence-electron chi connectivity index (χ1n) is 7.85. The van der Waals surface area contributed by atoms with Crippen molar-refractivity contribution in [1.29, 1.82) is 0 Å². The molecule has 1 amide bonds. The minimum Gasteiger partial charge on any atom is -0.495 e. The molecular weight excluding hydrogens is 290 g/mol. The molecule has 1 aromatic carbocycles. The molecule has 5 heteroatoms. The molecule has 2 aromatic rings. The third-order valence-electron chi connectivity index (χ3n) is 4.10. The van der Waals surface area contributed by atoms with E-state index in [1.807, 2.05) is 24.3 Å². The van der Waals surface area contributed by atoms with Crippen molar-refractivity contribution >= 4 is 17.4 Å². The lowest BCUT2D eigenvalue weighted by molar-refractivity contribution is 0.0936. The highest BCUT2D eigenvalue weighted by Gasteiger charge is 2.29. The molecule has 0 aliphatic heterocycles. The Balaban J connectivity index is 1.81. The summed E-state index contributed by atoms with van der Waals surface area (Å²) in [5.74, 6) is 1.74. The van der Waals surface area contributed by atoms with E-state index >= 15 is 0 Å². The van der Waals surface area contributed by atoms with Crippen molar-refractivity contribution in [3.63, 3.8) is 0 Å². The van der Waals surface area contributed by atoms with Crippen molar-refractivity contribution in [2.45, 2.75) is 25.8 Å². The molecule has 0 bridgehead atoms. The van der Waals surface area contributed by atoms with E-state index < -0.39 is 0 Å². The van der Waals surface area contributed by atoms with Crippen LogP contribution in [-0.4, -0.2) is 24.0 Å². The third-order valence-corrected chi connectivity index (χ3v) is 4.10. The van der Waals surface area contributed by atoms with E-state index in [4.69, 9.17) is 4.74 Å². The zero-order valence-electron chi connectivity index (χ0n) is 13.4. The molecule has 23 heavy (non-hydrogen) atoms. The van der Waals surface area contributed by atoms with E-state index in [1.54, 1.807) is 25.4 Å². The van der Waals surface area contributed by atoms with Gasteiger partial charge in [-0.05, 0) is 49.9 Å². The summed E-state index contributed by atoms with van der Waals surface area (Å²) in [5.41, 5.74) is 1.31. The molecule has 1 heterocycles. The Kier molecular flexibility index (Phi) is 4.46. The van der Waals surface area contributed by atoms with Crippen LogP contribution in [0, 0.1) is 5.92 Å². The number of carbonyl (C=O) groups is 1. The molecule has 120 valence electrons. The van der Waals surface area contributed by atoms with Crippen LogP contribution in [0.4, 0.5) is 11.5 Å². The van der Waals surface area contributed by atoms with Crippen LogP contribution in [0.1, 0.15) is 30.1 Å².